The number of hydrogen-bond acceptors (Lipinski definition) is 0. The van der Waals surface area contributed by atoms with Crippen LogP contribution in [0.25, 0.3) is 33.2 Å². The molecule has 0 N–H and O–H groups in total. The van der Waals surface area contributed by atoms with E-state index < -0.39 is 0 Å². The van der Waals surface area contributed by atoms with Gasteiger partial charge in [-0.05, 0) is 6.07 Å². The van der Waals surface area contributed by atoms with Gasteiger partial charge >= 0.3 is 0 Å². The van der Waals surface area contributed by atoms with Crippen LogP contribution in [0.2, 0.25) is 0 Å². The Morgan fingerprint density at radius 3 is 2.48 bits per heavy atom. The molecule has 25 heavy (non-hydrogen) atoms. The van der Waals surface area contributed by atoms with Crippen molar-refractivity contribution < 1.29 is 37.3 Å². The molecule has 0 bridgehead atoms. The van der Waals surface area contributed by atoms with Crippen LogP contribution in [0.15, 0.2) is 72.9 Å². The van der Waals surface area contributed by atoms with Gasteiger partial charge in [0.1, 0.15) is 12.7 Å². The van der Waals surface area contributed by atoms with Crippen LogP contribution in [0.5, 0.6) is 0 Å². The van der Waals surface area contributed by atoms with Crippen molar-refractivity contribution in [3.8, 4) is 22.4 Å². The molecule has 1 nitrogen and oxygen atoms in total. The van der Waals surface area contributed by atoms with E-state index in [-0.39, 0.29) is 32.7 Å². The summed E-state index contributed by atoms with van der Waals surface area (Å²) in [5, 5.41) is 2.44. The van der Waals surface area contributed by atoms with Crippen LogP contribution in [-0.4, -0.2) is 0 Å². The van der Waals surface area contributed by atoms with Crippen molar-refractivity contribution in [1.29, 1.82) is 0 Å². The maximum absolute atomic E-state index is 3.63. The zero-order chi connectivity index (χ0) is 16.5. The van der Waals surface area contributed by atoms with Crippen molar-refractivity contribution in [1.82, 2.24) is 0 Å². The number of aromatic nitrogens is 1. The Labute approximate surface area is 174 Å². The summed E-state index contributed by atoms with van der Waals surface area (Å²) in [6.07, 6.45) is 2.07. The Morgan fingerprint density at radius 2 is 1.64 bits per heavy atom. The number of nitrogens with zero attached hydrogens (tertiary/aromatic N) is 1. The molecule has 0 saturated heterocycles. The summed E-state index contributed by atoms with van der Waals surface area (Å²) in [6.45, 7) is 2.13. The van der Waals surface area contributed by atoms with E-state index in [9.17, 15) is 0 Å². The molecule has 0 amide bonds. The second kappa shape index (κ2) is 7.60. The first-order chi connectivity index (χ1) is 11.7. The Bertz CT molecular complexity index is 1030. The first-order valence-corrected chi connectivity index (χ1v) is 8.12. The van der Waals surface area contributed by atoms with Crippen LogP contribution in [0.1, 0.15) is 5.56 Å². The molecule has 0 atom stereocenters. The van der Waals surface area contributed by atoms with Gasteiger partial charge in [0.2, 0.25) is 0 Å². The van der Waals surface area contributed by atoms with Gasteiger partial charge in [-0.25, -0.2) is 10.1 Å². The molecule has 4 aromatic rings. The maximum Gasteiger partial charge on any atom is 0.161 e. The first kappa shape index (κ1) is 18.0. The fourth-order valence-electron chi connectivity index (χ4n) is 3.15. The minimum absolute atomic E-state index is 0. The molecule has 0 fully saturated rings. The van der Waals surface area contributed by atoms with Gasteiger partial charge < -0.3 is 0 Å². The second-order valence-electron chi connectivity index (χ2n) is 6.07. The summed E-state index contributed by atoms with van der Waals surface area (Å²) in [4.78, 5) is 0. The first-order valence-electron chi connectivity index (χ1n) is 8.12. The minimum Gasteiger partial charge on any atom is -0.234 e. The van der Waals surface area contributed by atoms with Gasteiger partial charge in [-0.1, -0.05) is 36.8 Å². The van der Waals surface area contributed by atoms with E-state index >= 15 is 0 Å². The quantitative estimate of drug-likeness (QED) is 0.335. The van der Waals surface area contributed by atoms with Gasteiger partial charge in [0.25, 0.3) is 0 Å². The van der Waals surface area contributed by atoms with Crippen molar-refractivity contribution in [2.45, 2.75) is 6.92 Å². The van der Waals surface area contributed by atoms with Crippen LogP contribution in [-0.2, 0) is 39.8 Å². The van der Waals surface area contributed by atoms with Crippen molar-refractivity contribution in [2.75, 3.05) is 0 Å². The average molecular weight is 397 g/mol. The fraction of sp³-hybridized carbons (Fsp3) is 0.0870. The van der Waals surface area contributed by atoms with Crippen molar-refractivity contribution in [3.63, 3.8) is 0 Å². The molecule has 0 aliphatic carbocycles. The minimum atomic E-state index is 0. The van der Waals surface area contributed by atoms with E-state index in [0.29, 0.717) is 0 Å². The molecule has 1 radical (unpaired) electrons. The molecule has 2 heteroatoms. The van der Waals surface area contributed by atoms with Crippen LogP contribution < -0.4 is 4.57 Å². The van der Waals surface area contributed by atoms with Gasteiger partial charge in [0.15, 0.2) is 6.20 Å². The van der Waals surface area contributed by atoms with Crippen LogP contribution in [0.4, 0.5) is 0 Å². The van der Waals surface area contributed by atoms with Crippen molar-refractivity contribution in [3.05, 3.63) is 90.6 Å². The number of benzene rings is 3. The number of pyridine rings is 1. The topological polar surface area (TPSA) is 3.88 Å². The van der Waals surface area contributed by atoms with Crippen molar-refractivity contribution >= 4 is 10.8 Å². The third kappa shape index (κ3) is 3.45. The van der Waals surface area contributed by atoms with E-state index in [1.165, 1.54) is 16.3 Å². The Morgan fingerprint density at radius 1 is 0.840 bits per heavy atom. The van der Waals surface area contributed by atoms with Gasteiger partial charge in [-0.2, -0.15) is 29.8 Å². The molecular formula is C23H18NY-. The monoisotopic (exact) mass is 397 g/mol. The van der Waals surface area contributed by atoms with E-state index in [1.807, 2.05) is 12.1 Å². The van der Waals surface area contributed by atoms with Crippen molar-refractivity contribution in [2.24, 2.45) is 7.05 Å². The van der Waals surface area contributed by atoms with Gasteiger partial charge in [0, 0.05) is 38.8 Å². The Balaban J connectivity index is 0.00000182. The SMILES string of the molecule is Cc1ccc(-c2[c-]ccc3ccccc23)[c-]c1-c1cccc[n+]1C.[Y]. The zero-order valence-electron chi connectivity index (χ0n) is 14.5. The predicted octanol–water partition coefficient (Wildman–Crippen LogP) is 4.90. The third-order valence-electron chi connectivity index (χ3n) is 4.46. The number of fused-ring (bicyclic) bond motifs is 1. The summed E-state index contributed by atoms with van der Waals surface area (Å²) in [5.41, 5.74) is 5.71. The maximum atomic E-state index is 3.63. The van der Waals surface area contributed by atoms with Crippen LogP contribution in [0.3, 0.4) is 0 Å². The van der Waals surface area contributed by atoms with Gasteiger partial charge in [-0.15, -0.1) is 34.5 Å². The summed E-state index contributed by atoms with van der Waals surface area (Å²) in [7, 11) is 2.07. The molecule has 0 aliphatic heterocycles. The van der Waals surface area contributed by atoms with Crippen LogP contribution >= 0.6 is 0 Å². The molecule has 119 valence electrons. The summed E-state index contributed by atoms with van der Waals surface area (Å²) < 4.78 is 2.13. The predicted molar refractivity (Wildman–Crippen MR) is 98.4 cm³/mol. The molecule has 1 aromatic heterocycles. The smallest absolute Gasteiger partial charge is 0.161 e. The molecule has 4 rings (SSSR count). The molecule has 3 aromatic carbocycles. The van der Waals surface area contributed by atoms with E-state index in [1.54, 1.807) is 0 Å². The van der Waals surface area contributed by atoms with E-state index in [4.69, 9.17) is 0 Å². The fourth-order valence-corrected chi connectivity index (χ4v) is 3.15. The summed E-state index contributed by atoms with van der Waals surface area (Å²) in [6, 6.07) is 30.1. The van der Waals surface area contributed by atoms with E-state index in [2.05, 4.69) is 91.5 Å². The second-order valence-corrected chi connectivity index (χ2v) is 6.07. The molecule has 0 saturated carbocycles. The molecule has 0 unspecified atom stereocenters. The van der Waals surface area contributed by atoms with Gasteiger partial charge in [0.05, 0.1) is 0 Å². The third-order valence-corrected chi connectivity index (χ3v) is 4.46. The molecule has 0 spiro atoms. The standard InChI is InChI=1S/C23H18N.Y/c1-17-13-14-19(16-22(17)23-12-5-6-15-24(23)2)21-11-7-9-18-8-3-4-10-20(18)21;/h3-10,12-15H,1-2H3;/q-1;. The normalized spacial score (nSPS) is 10.5. The Hall–Kier alpha value is -1.83. The summed E-state index contributed by atoms with van der Waals surface area (Å²) in [5.74, 6) is 0. The Kier molecular flexibility index (Phi) is 5.46. The summed E-state index contributed by atoms with van der Waals surface area (Å²) >= 11 is 0. The molecule has 1 heterocycles. The van der Waals surface area contributed by atoms with E-state index in [0.717, 1.165) is 22.4 Å². The average Bonchev–Trinajstić information content (AvgIpc) is 2.62. The number of hydrogen-bond donors (Lipinski definition) is 0. The largest absolute Gasteiger partial charge is 0.234 e. The zero-order valence-corrected chi connectivity index (χ0v) is 17.3. The molecular weight excluding hydrogens is 379 g/mol. The van der Waals surface area contributed by atoms with Crippen LogP contribution in [0, 0.1) is 19.1 Å². The number of aryl methyl sites for hydroxylation is 2. The molecule has 0 aliphatic rings. The number of rotatable bonds is 2. The van der Waals surface area contributed by atoms with Gasteiger partial charge in [-0.3, -0.25) is 0 Å².